The van der Waals surface area contributed by atoms with Crippen molar-refractivity contribution in [3.63, 3.8) is 0 Å². The lowest BCUT2D eigenvalue weighted by molar-refractivity contribution is 0.440. The van der Waals surface area contributed by atoms with E-state index in [-0.39, 0.29) is 5.82 Å². The van der Waals surface area contributed by atoms with Crippen molar-refractivity contribution in [3.05, 3.63) is 24.0 Å². The first-order valence-corrected chi connectivity index (χ1v) is 3.83. The number of rotatable bonds is 0. The molecule has 0 aliphatic heterocycles. The van der Waals surface area contributed by atoms with Gasteiger partial charge in [0.15, 0.2) is 0 Å². The van der Waals surface area contributed by atoms with Crippen LogP contribution >= 0.6 is 15.8 Å². The number of fused-ring (bicyclic) bond motifs is 1. The summed E-state index contributed by atoms with van der Waals surface area (Å²) >= 11 is 2.38. The van der Waals surface area contributed by atoms with Gasteiger partial charge in [0.1, 0.15) is 5.82 Å². The van der Waals surface area contributed by atoms with Gasteiger partial charge < -0.3 is 10.0 Å². The fraction of sp³-hybridized carbons (Fsp3) is 0. The molecule has 0 aromatic carbocycles. The quantitative estimate of drug-likeness (QED) is 0.652. The van der Waals surface area contributed by atoms with E-state index in [1.807, 2.05) is 6.07 Å². The lowest BCUT2D eigenvalue weighted by atomic mass is 9.93. The van der Waals surface area contributed by atoms with Gasteiger partial charge in [-0.3, -0.25) is 0 Å². The van der Waals surface area contributed by atoms with Gasteiger partial charge >= 0.3 is 5.94 Å². The summed E-state index contributed by atoms with van der Waals surface area (Å²) in [7, 11) is 0. The van der Waals surface area contributed by atoms with Gasteiger partial charge in [-0.1, -0.05) is 27.9 Å². The van der Waals surface area contributed by atoms with Crippen LogP contribution in [-0.4, -0.2) is 16.0 Å². The molecule has 0 aromatic rings. The first-order chi connectivity index (χ1) is 5.11. The molecule has 0 radical (unpaired) electrons. The zero-order valence-corrected chi connectivity index (χ0v) is 7.05. The zero-order chi connectivity index (χ0) is 8.43. The van der Waals surface area contributed by atoms with E-state index in [0.29, 0.717) is 0 Å². The summed E-state index contributed by atoms with van der Waals surface area (Å²) in [6.45, 7) is 0. The van der Waals surface area contributed by atoms with Gasteiger partial charge in [-0.15, -0.1) is 0 Å². The van der Waals surface area contributed by atoms with Crippen LogP contribution in [0.5, 0.6) is 0 Å². The molecular formula is C6H5BBrFO2. The van der Waals surface area contributed by atoms with Crippen molar-refractivity contribution in [2.75, 3.05) is 0 Å². The molecule has 0 saturated carbocycles. The van der Waals surface area contributed by atoms with E-state index >= 15 is 0 Å². The Morgan fingerprint density at radius 2 is 1.91 bits per heavy atom. The molecule has 2 aliphatic carbocycles. The third-order valence-corrected chi connectivity index (χ3v) is 1.28. The second-order valence-electron chi connectivity index (χ2n) is 2.01. The van der Waals surface area contributed by atoms with E-state index < -0.39 is 5.94 Å². The van der Waals surface area contributed by atoms with Crippen molar-refractivity contribution in [1.82, 2.24) is 0 Å². The highest BCUT2D eigenvalue weighted by Gasteiger charge is 2.14. The van der Waals surface area contributed by atoms with Crippen LogP contribution < -0.4 is 0 Å². The molecule has 0 atom stereocenters. The largest absolute Gasteiger partial charge is 0.533 e. The molecule has 2 rings (SSSR count). The molecule has 5 heteroatoms. The van der Waals surface area contributed by atoms with Crippen LogP contribution in [0.2, 0.25) is 0 Å². The Kier molecular flexibility index (Phi) is 2.65. The minimum Gasteiger partial charge on any atom is -0.418 e. The molecule has 0 saturated heterocycles. The molecule has 2 N–H and O–H groups in total. The predicted octanol–water partition coefficient (Wildman–Crippen LogP) is 1.16. The Balaban J connectivity index is 0.000000134. The Morgan fingerprint density at radius 1 is 1.36 bits per heavy atom. The van der Waals surface area contributed by atoms with Gasteiger partial charge in [-0.2, -0.15) is 0 Å². The van der Waals surface area contributed by atoms with Gasteiger partial charge in [0.05, 0.1) is 0 Å². The molecule has 0 heterocycles. The van der Waals surface area contributed by atoms with E-state index in [2.05, 4.69) is 15.8 Å². The summed E-state index contributed by atoms with van der Waals surface area (Å²) in [5.41, 5.74) is 1.87. The van der Waals surface area contributed by atoms with Crippen LogP contribution in [0.1, 0.15) is 0 Å². The van der Waals surface area contributed by atoms with Crippen molar-refractivity contribution in [2.24, 2.45) is 0 Å². The smallest absolute Gasteiger partial charge is 0.418 e. The molecule has 0 amide bonds. The van der Waals surface area contributed by atoms with Crippen LogP contribution in [-0.2, 0) is 0 Å². The number of benzene rings is 1. The second kappa shape index (κ2) is 3.34. The van der Waals surface area contributed by atoms with Crippen molar-refractivity contribution >= 4 is 21.7 Å². The fourth-order valence-corrected chi connectivity index (χ4v) is 0.743. The molecule has 0 spiro atoms. The first-order valence-electron chi connectivity index (χ1n) is 2.91. The summed E-state index contributed by atoms with van der Waals surface area (Å²) in [4.78, 5) is 0. The third-order valence-electron chi connectivity index (χ3n) is 1.28. The van der Waals surface area contributed by atoms with Gasteiger partial charge in [-0.05, 0) is 11.6 Å². The maximum absolute atomic E-state index is 12.0. The van der Waals surface area contributed by atoms with Crippen LogP contribution in [0, 0.1) is 5.82 Å². The summed E-state index contributed by atoms with van der Waals surface area (Å²) in [5.74, 6) is -1.41. The molecular weight excluding hydrogens is 214 g/mol. The Hall–Kier alpha value is -0.385. The zero-order valence-electron chi connectivity index (χ0n) is 5.46. The van der Waals surface area contributed by atoms with Crippen molar-refractivity contribution in [3.8, 4) is 11.1 Å². The summed E-state index contributed by atoms with van der Waals surface area (Å²) in [5, 5.41) is 15.1. The molecule has 58 valence electrons. The second-order valence-corrected chi connectivity index (χ2v) is 2.82. The lowest BCUT2D eigenvalue weighted by Crippen LogP contribution is -1.95. The van der Waals surface area contributed by atoms with Crippen LogP contribution in [0.3, 0.4) is 0 Å². The van der Waals surface area contributed by atoms with E-state index in [1.165, 1.54) is 6.07 Å². The van der Waals surface area contributed by atoms with E-state index in [1.54, 1.807) is 6.07 Å². The maximum Gasteiger partial charge on any atom is 0.533 e. The highest BCUT2D eigenvalue weighted by Crippen LogP contribution is 2.34. The molecule has 2 nitrogen and oxygen atoms in total. The number of hydrogen-bond donors (Lipinski definition) is 2. The summed E-state index contributed by atoms with van der Waals surface area (Å²) in [6, 6.07) is 5.22. The van der Waals surface area contributed by atoms with Crippen molar-refractivity contribution in [2.45, 2.75) is 0 Å². The van der Waals surface area contributed by atoms with Gasteiger partial charge in [0, 0.05) is 5.56 Å². The topological polar surface area (TPSA) is 40.5 Å². The van der Waals surface area contributed by atoms with E-state index in [9.17, 15) is 4.39 Å². The first kappa shape index (κ1) is 8.71. The molecule has 0 bridgehead atoms. The third kappa shape index (κ3) is 2.02. The Labute approximate surface area is 71.8 Å². The fourth-order valence-electron chi connectivity index (χ4n) is 0.743. The maximum atomic E-state index is 12.0. The number of hydrogen-bond acceptors (Lipinski definition) is 2. The Morgan fingerprint density at radius 3 is 1.91 bits per heavy atom. The molecule has 2 aliphatic rings. The SMILES string of the molecule is Fc1cc2ccc1-2.OB(O)Br. The van der Waals surface area contributed by atoms with E-state index in [0.717, 1.165) is 11.1 Å². The van der Waals surface area contributed by atoms with Crippen molar-refractivity contribution in [1.29, 1.82) is 0 Å². The minimum absolute atomic E-state index is 0.0579. The van der Waals surface area contributed by atoms with Crippen LogP contribution in [0.4, 0.5) is 4.39 Å². The monoisotopic (exact) mass is 218 g/mol. The van der Waals surface area contributed by atoms with Crippen LogP contribution in [0.15, 0.2) is 18.2 Å². The number of halogens is 2. The minimum atomic E-state index is -1.35. The molecule has 0 fully saturated rings. The average molecular weight is 219 g/mol. The van der Waals surface area contributed by atoms with E-state index in [4.69, 9.17) is 10.0 Å². The van der Waals surface area contributed by atoms with Crippen LogP contribution in [0.25, 0.3) is 11.1 Å². The summed E-state index contributed by atoms with van der Waals surface area (Å²) < 4.78 is 12.0. The molecule has 11 heavy (non-hydrogen) atoms. The van der Waals surface area contributed by atoms with Crippen molar-refractivity contribution < 1.29 is 14.4 Å². The Bertz CT molecular complexity index is 264. The highest BCUT2D eigenvalue weighted by molar-refractivity contribution is 9.24. The summed E-state index contributed by atoms with van der Waals surface area (Å²) in [6.07, 6.45) is 0. The normalized spacial score (nSPS) is 9.82. The standard InChI is InChI=1S/C6H3F.BBrH2O2/c7-6-3-4-1-2-5(4)6;2-1(3)4/h1-3H;3-4H. The predicted molar refractivity (Wildman–Crippen MR) is 44.5 cm³/mol. The van der Waals surface area contributed by atoms with Gasteiger partial charge in [-0.25, -0.2) is 4.39 Å². The molecule has 0 unspecified atom stereocenters. The van der Waals surface area contributed by atoms with Gasteiger partial charge in [0.2, 0.25) is 0 Å². The molecule has 0 aromatic heterocycles. The average Bonchev–Trinajstić information content (AvgIpc) is 1.81. The lowest BCUT2D eigenvalue weighted by Gasteiger charge is -2.13. The van der Waals surface area contributed by atoms with Gasteiger partial charge in [0.25, 0.3) is 0 Å². The highest BCUT2D eigenvalue weighted by atomic mass is 79.9.